The number of carbonyl (C=O) groups excluding carboxylic acids is 3. The largest absolute Gasteiger partial charge is 0.369 e. The van der Waals surface area contributed by atoms with E-state index in [9.17, 15) is 22.8 Å². The predicted molar refractivity (Wildman–Crippen MR) is 283 cm³/mol. The maximum absolute atomic E-state index is 14.1. The normalized spacial score (nSPS) is 16.5. The molecular weight excluding hydrogens is 941 g/mol. The summed E-state index contributed by atoms with van der Waals surface area (Å²) in [6.07, 6.45) is 7.24. The standard InChI is InChI=1S/C52H64N10O5S3/c1-34(36-16-18-37(19-17-36)47-35(2)54-33-69-47)55-49(64)43-14-11-25-62(43)50(65)48(52(3,4)5)57-45(63)15-8-7-9-24-60-26-28-61(29-27-60)41-22-20-39(21-23-41)56-51-53-31-44-46(58-51)42(32-68-44)38-12-10-13-40(30-38)59-70(6,66)67/h10,12-13,16-23,30-34,43,48,59H,7-9,11,14-15,24-29H2,1-6H3,(H,55,64)(H,57,63)(H,53,56,58)/t34-,43-,48+/m0/s1. The van der Waals surface area contributed by atoms with Crippen LogP contribution in [0, 0.1) is 12.3 Å². The van der Waals surface area contributed by atoms with Crippen molar-refractivity contribution in [3.05, 3.63) is 101 Å². The zero-order valence-corrected chi connectivity index (χ0v) is 43.3. The van der Waals surface area contributed by atoms with Crippen LogP contribution in [0.2, 0.25) is 0 Å². The van der Waals surface area contributed by atoms with E-state index < -0.39 is 27.5 Å². The number of hydrogen-bond donors (Lipinski definition) is 4. The van der Waals surface area contributed by atoms with Crippen LogP contribution in [-0.4, -0.2) is 108 Å². The van der Waals surface area contributed by atoms with Crippen molar-refractivity contribution in [3.63, 3.8) is 0 Å². The van der Waals surface area contributed by atoms with E-state index in [1.54, 1.807) is 45.9 Å². The maximum atomic E-state index is 14.1. The first-order valence-corrected chi connectivity index (χ1v) is 27.7. The van der Waals surface area contributed by atoms with Crippen molar-refractivity contribution in [1.29, 1.82) is 0 Å². The highest BCUT2D eigenvalue weighted by Crippen LogP contribution is 2.35. The first kappa shape index (κ1) is 50.4. The van der Waals surface area contributed by atoms with Gasteiger partial charge in [-0.3, -0.25) is 24.0 Å². The molecule has 3 amide bonds. The predicted octanol–water partition coefficient (Wildman–Crippen LogP) is 8.99. The highest BCUT2D eigenvalue weighted by molar-refractivity contribution is 7.92. The van der Waals surface area contributed by atoms with Crippen LogP contribution in [0.4, 0.5) is 23.0 Å². The van der Waals surface area contributed by atoms with E-state index in [4.69, 9.17) is 4.98 Å². The van der Waals surface area contributed by atoms with Crippen molar-refractivity contribution in [2.45, 2.75) is 91.3 Å². The third kappa shape index (κ3) is 12.7. The lowest BCUT2D eigenvalue weighted by Crippen LogP contribution is -2.57. The third-order valence-corrected chi connectivity index (χ3v) is 15.6. The van der Waals surface area contributed by atoms with Crippen LogP contribution in [-0.2, 0) is 24.4 Å². The minimum atomic E-state index is -3.40. The molecule has 5 heterocycles. The highest BCUT2D eigenvalue weighted by Gasteiger charge is 2.42. The summed E-state index contributed by atoms with van der Waals surface area (Å²) in [5.41, 5.74) is 9.46. The SMILES string of the molecule is Cc1ncsc1-c1ccc([C@H](C)NC(=O)[C@@H]2CCCN2C(=O)[C@@H](NC(=O)CCCCCN2CCN(c3ccc(Nc4ncc5scc(-c6cccc(NS(C)(=O)=O)c6)c5n4)cc3)CC2)C(C)(C)C)cc1. The maximum Gasteiger partial charge on any atom is 0.246 e. The molecule has 0 unspecified atom stereocenters. The number of hydrogen-bond acceptors (Lipinski definition) is 13. The molecular formula is C52H64N10O5S3. The first-order chi connectivity index (χ1) is 33.5. The Labute approximate surface area is 419 Å². The number of rotatable bonds is 18. The van der Waals surface area contributed by atoms with Gasteiger partial charge in [0, 0.05) is 67.2 Å². The van der Waals surface area contributed by atoms with E-state index in [2.05, 4.69) is 64.7 Å². The molecule has 2 aliphatic heterocycles. The average Bonchev–Trinajstić information content (AvgIpc) is 4.11. The Hall–Kier alpha value is -5.95. The molecule has 15 nitrogen and oxygen atoms in total. The zero-order valence-electron chi connectivity index (χ0n) is 40.8. The lowest BCUT2D eigenvalue weighted by Gasteiger charge is -2.36. The van der Waals surface area contributed by atoms with Crippen molar-refractivity contribution < 1.29 is 22.8 Å². The number of aryl methyl sites for hydroxylation is 1. The first-order valence-electron chi connectivity index (χ1n) is 24.1. The molecule has 18 heteroatoms. The number of nitrogens with one attached hydrogen (secondary N) is 4. The van der Waals surface area contributed by atoms with Crippen molar-refractivity contribution in [2.75, 3.05) is 60.5 Å². The van der Waals surface area contributed by atoms with Gasteiger partial charge < -0.3 is 25.8 Å². The quantitative estimate of drug-likeness (QED) is 0.0604. The number of nitrogens with zero attached hydrogens (tertiary/aromatic N) is 6. The molecule has 3 aromatic heterocycles. The summed E-state index contributed by atoms with van der Waals surface area (Å²) in [7, 11) is -3.40. The molecule has 0 bridgehead atoms. The van der Waals surface area contributed by atoms with Gasteiger partial charge in [-0.1, -0.05) is 63.6 Å². The van der Waals surface area contributed by atoms with Crippen LogP contribution in [0.1, 0.15) is 83.5 Å². The average molecular weight is 1010 g/mol. The number of amides is 3. The monoisotopic (exact) mass is 1000 g/mol. The van der Waals surface area contributed by atoms with Crippen LogP contribution >= 0.6 is 22.7 Å². The van der Waals surface area contributed by atoms with Crippen LogP contribution < -0.4 is 25.6 Å². The molecule has 0 spiro atoms. The molecule has 0 radical (unpaired) electrons. The number of aromatic nitrogens is 3. The van der Waals surface area contributed by atoms with E-state index in [0.29, 0.717) is 31.0 Å². The number of benzene rings is 3. The molecule has 370 valence electrons. The smallest absolute Gasteiger partial charge is 0.246 e. The molecule has 3 atom stereocenters. The van der Waals surface area contributed by atoms with Crippen LogP contribution in [0.3, 0.4) is 0 Å². The summed E-state index contributed by atoms with van der Waals surface area (Å²) in [4.78, 5) is 62.5. The minimum absolute atomic E-state index is 0.136. The van der Waals surface area contributed by atoms with Gasteiger partial charge in [0.1, 0.15) is 12.1 Å². The molecule has 70 heavy (non-hydrogen) atoms. The van der Waals surface area contributed by atoms with Crippen molar-refractivity contribution >= 4 is 83.6 Å². The topological polar surface area (TPSA) is 182 Å². The Balaban J connectivity index is 0.750. The number of unbranched alkanes of at least 4 members (excludes halogenated alkanes) is 2. The van der Waals surface area contributed by atoms with Gasteiger partial charge >= 0.3 is 0 Å². The van der Waals surface area contributed by atoms with Gasteiger partial charge in [0.25, 0.3) is 0 Å². The molecule has 2 fully saturated rings. The van der Waals surface area contributed by atoms with Crippen LogP contribution in [0.5, 0.6) is 0 Å². The Morgan fingerprint density at radius 1 is 0.857 bits per heavy atom. The van der Waals surface area contributed by atoms with Crippen molar-refractivity contribution in [1.82, 2.24) is 35.4 Å². The number of thiophene rings is 1. The lowest BCUT2D eigenvalue weighted by molar-refractivity contribution is -0.144. The summed E-state index contributed by atoms with van der Waals surface area (Å²) < 4.78 is 27.1. The molecule has 3 aromatic carbocycles. The third-order valence-electron chi connectivity index (χ3n) is 13.1. The van der Waals surface area contributed by atoms with Gasteiger partial charge in [0.05, 0.1) is 44.8 Å². The van der Waals surface area contributed by atoms with E-state index in [1.165, 1.54) is 0 Å². The van der Waals surface area contributed by atoms with Crippen molar-refractivity contribution in [2.24, 2.45) is 5.41 Å². The highest BCUT2D eigenvalue weighted by atomic mass is 32.2. The fourth-order valence-corrected chi connectivity index (χ4v) is 11.5. The lowest BCUT2D eigenvalue weighted by atomic mass is 9.85. The van der Waals surface area contributed by atoms with Crippen LogP contribution in [0.15, 0.2) is 89.9 Å². The summed E-state index contributed by atoms with van der Waals surface area (Å²) in [6.45, 7) is 15.0. The van der Waals surface area contributed by atoms with Crippen molar-refractivity contribution in [3.8, 4) is 21.6 Å². The Bertz CT molecular complexity index is 2890. The summed E-state index contributed by atoms with van der Waals surface area (Å²) >= 11 is 3.15. The molecule has 0 aliphatic carbocycles. The van der Waals surface area contributed by atoms with Gasteiger partial charge in [-0.15, -0.1) is 22.7 Å². The number of piperazine rings is 1. The zero-order chi connectivity index (χ0) is 49.6. The number of anilines is 4. The van der Waals surface area contributed by atoms with E-state index >= 15 is 0 Å². The van der Waals surface area contributed by atoms with Crippen LogP contribution in [0.25, 0.3) is 31.8 Å². The number of likely N-dealkylation sites (tertiary alicyclic amines) is 1. The molecule has 2 saturated heterocycles. The molecule has 2 aliphatic rings. The molecule has 8 rings (SSSR count). The van der Waals surface area contributed by atoms with Gasteiger partial charge in [0.15, 0.2) is 0 Å². The fourth-order valence-electron chi connectivity index (χ4n) is 9.22. The number of fused-ring (bicyclic) bond motifs is 1. The summed E-state index contributed by atoms with van der Waals surface area (Å²) in [5.74, 6) is -0.0335. The summed E-state index contributed by atoms with van der Waals surface area (Å²) in [5, 5.41) is 11.6. The fraction of sp³-hybridized carbons (Fsp3) is 0.423. The van der Waals surface area contributed by atoms with E-state index in [-0.39, 0.29) is 23.8 Å². The van der Waals surface area contributed by atoms with Gasteiger partial charge in [0.2, 0.25) is 33.7 Å². The number of thiazole rings is 1. The summed E-state index contributed by atoms with van der Waals surface area (Å²) in [6, 6.07) is 22.2. The molecule has 4 N–H and O–H groups in total. The number of sulfonamides is 1. The molecule has 0 saturated carbocycles. The second-order valence-electron chi connectivity index (χ2n) is 19.5. The Morgan fingerprint density at radius 2 is 1.61 bits per heavy atom. The second kappa shape index (κ2) is 22.0. The van der Waals surface area contributed by atoms with Gasteiger partial charge in [-0.2, -0.15) is 0 Å². The van der Waals surface area contributed by atoms with Gasteiger partial charge in [-0.25, -0.2) is 23.4 Å². The Morgan fingerprint density at radius 3 is 2.31 bits per heavy atom. The number of carbonyl (C=O) groups is 3. The second-order valence-corrected chi connectivity index (χ2v) is 23.0. The van der Waals surface area contributed by atoms with E-state index in [1.807, 2.05) is 81.9 Å². The van der Waals surface area contributed by atoms with Gasteiger partial charge in [-0.05, 0) is 105 Å². The minimum Gasteiger partial charge on any atom is -0.369 e. The Kier molecular flexibility index (Phi) is 15.9. The van der Waals surface area contributed by atoms with E-state index in [0.717, 1.165) is 119 Å². The molecule has 6 aromatic rings.